The van der Waals surface area contributed by atoms with Crippen molar-refractivity contribution in [3.8, 4) is 17.2 Å². The first-order valence-electron chi connectivity index (χ1n) is 10.4. The van der Waals surface area contributed by atoms with Gasteiger partial charge in [0.2, 0.25) is 6.79 Å². The van der Waals surface area contributed by atoms with E-state index in [-0.39, 0.29) is 12.2 Å². The van der Waals surface area contributed by atoms with E-state index in [2.05, 4.69) is 57.7 Å². The van der Waals surface area contributed by atoms with Crippen molar-refractivity contribution < 1.29 is 14.2 Å². The molecule has 0 aliphatic carbocycles. The summed E-state index contributed by atoms with van der Waals surface area (Å²) in [5.74, 6) is 2.45. The van der Waals surface area contributed by atoms with Crippen LogP contribution in [0.15, 0.2) is 54.6 Å². The number of rotatable bonds is 2. The van der Waals surface area contributed by atoms with Gasteiger partial charge in [-0.05, 0) is 35.4 Å². The number of fused-ring (bicyclic) bond motifs is 6. The van der Waals surface area contributed by atoms with Crippen molar-refractivity contribution in [2.45, 2.75) is 12.0 Å². The summed E-state index contributed by atoms with van der Waals surface area (Å²) in [4.78, 5) is 2.45. The van der Waals surface area contributed by atoms with Crippen molar-refractivity contribution in [3.05, 3.63) is 71.3 Å². The highest BCUT2D eigenvalue weighted by molar-refractivity contribution is 5.76. The fourth-order valence-corrected chi connectivity index (χ4v) is 5.24. The van der Waals surface area contributed by atoms with Gasteiger partial charge < -0.3 is 19.1 Å². The Kier molecular flexibility index (Phi) is 3.24. The molecule has 3 aliphatic rings. The van der Waals surface area contributed by atoms with Crippen LogP contribution in [0, 0.1) is 0 Å². The van der Waals surface area contributed by atoms with Crippen molar-refractivity contribution in [1.29, 1.82) is 0 Å². The SMILES string of the molecule is Cn1nnc2ccc(CN3CC4(COc5cc6c(cc54)OCO6)c4ccccc43)cc21. The van der Waals surface area contributed by atoms with E-state index in [1.165, 1.54) is 22.4 Å². The summed E-state index contributed by atoms with van der Waals surface area (Å²) in [6.45, 7) is 2.53. The predicted molar refractivity (Wildman–Crippen MR) is 115 cm³/mol. The number of aromatic nitrogens is 3. The number of benzene rings is 3. The molecule has 4 heterocycles. The van der Waals surface area contributed by atoms with Gasteiger partial charge in [0.05, 0.1) is 10.9 Å². The third-order valence-electron chi connectivity index (χ3n) is 6.73. The second-order valence-electron chi connectivity index (χ2n) is 8.48. The van der Waals surface area contributed by atoms with Gasteiger partial charge in [-0.2, -0.15) is 0 Å². The number of aryl methyl sites for hydroxylation is 1. The molecule has 0 radical (unpaired) electrons. The maximum Gasteiger partial charge on any atom is 0.231 e. The lowest BCUT2D eigenvalue weighted by Gasteiger charge is -2.25. The third kappa shape index (κ3) is 2.28. The Bertz CT molecular complexity index is 1360. The third-order valence-corrected chi connectivity index (χ3v) is 6.73. The first kappa shape index (κ1) is 17.0. The summed E-state index contributed by atoms with van der Waals surface area (Å²) in [6.07, 6.45) is 0. The molecule has 0 saturated carbocycles. The molecular formula is C24H20N4O3. The van der Waals surface area contributed by atoms with Gasteiger partial charge in [-0.1, -0.05) is 29.5 Å². The molecule has 3 aromatic carbocycles. The molecule has 0 amide bonds. The Morgan fingerprint density at radius 1 is 0.935 bits per heavy atom. The molecule has 154 valence electrons. The van der Waals surface area contributed by atoms with Crippen molar-refractivity contribution in [2.24, 2.45) is 7.05 Å². The molecule has 3 aliphatic heterocycles. The maximum atomic E-state index is 6.20. The number of nitrogens with zero attached hydrogens (tertiary/aromatic N) is 4. The Morgan fingerprint density at radius 2 is 1.81 bits per heavy atom. The highest BCUT2D eigenvalue weighted by atomic mass is 16.7. The number of anilines is 1. The summed E-state index contributed by atoms with van der Waals surface area (Å²) >= 11 is 0. The lowest BCUT2D eigenvalue weighted by atomic mass is 9.77. The molecule has 1 atom stereocenters. The predicted octanol–water partition coefficient (Wildman–Crippen LogP) is 3.40. The van der Waals surface area contributed by atoms with Crippen LogP contribution >= 0.6 is 0 Å². The first-order chi connectivity index (χ1) is 15.2. The molecule has 31 heavy (non-hydrogen) atoms. The zero-order chi connectivity index (χ0) is 20.6. The molecule has 0 fully saturated rings. The molecule has 4 aromatic rings. The summed E-state index contributed by atoms with van der Waals surface area (Å²) in [5, 5.41) is 8.33. The molecule has 0 bridgehead atoms. The number of para-hydroxylation sites is 1. The maximum absolute atomic E-state index is 6.20. The van der Waals surface area contributed by atoms with E-state index >= 15 is 0 Å². The minimum absolute atomic E-state index is 0.217. The molecule has 1 spiro atoms. The Morgan fingerprint density at radius 3 is 2.74 bits per heavy atom. The van der Waals surface area contributed by atoms with E-state index in [0.29, 0.717) is 6.61 Å². The summed E-state index contributed by atoms with van der Waals surface area (Å²) in [5.41, 5.74) is 6.70. The van der Waals surface area contributed by atoms with E-state index in [1.807, 2.05) is 23.9 Å². The monoisotopic (exact) mass is 412 g/mol. The molecule has 7 rings (SSSR count). The second-order valence-corrected chi connectivity index (χ2v) is 8.48. The minimum atomic E-state index is -0.217. The molecule has 0 N–H and O–H groups in total. The fraction of sp³-hybridized carbons (Fsp3) is 0.250. The van der Waals surface area contributed by atoms with Crippen LogP contribution in [0.25, 0.3) is 11.0 Å². The Hall–Kier alpha value is -3.74. The van der Waals surface area contributed by atoms with Gasteiger partial charge in [-0.3, -0.25) is 0 Å². The van der Waals surface area contributed by atoms with E-state index in [9.17, 15) is 0 Å². The molecule has 1 aromatic heterocycles. The molecule has 7 nitrogen and oxygen atoms in total. The normalized spacial score (nSPS) is 20.4. The van der Waals surface area contributed by atoms with E-state index in [0.717, 1.165) is 41.4 Å². The lowest BCUT2D eigenvalue weighted by molar-refractivity contribution is 0.173. The number of ether oxygens (including phenoxy) is 3. The van der Waals surface area contributed by atoms with E-state index in [4.69, 9.17) is 14.2 Å². The van der Waals surface area contributed by atoms with Gasteiger partial charge in [0.1, 0.15) is 17.9 Å². The van der Waals surface area contributed by atoms with Gasteiger partial charge >= 0.3 is 0 Å². The van der Waals surface area contributed by atoms with Gasteiger partial charge in [0.15, 0.2) is 11.5 Å². The van der Waals surface area contributed by atoms with Crippen LogP contribution < -0.4 is 19.1 Å². The van der Waals surface area contributed by atoms with Crippen molar-refractivity contribution in [2.75, 3.05) is 24.8 Å². The average molecular weight is 412 g/mol. The molecular weight excluding hydrogens is 392 g/mol. The van der Waals surface area contributed by atoms with Crippen molar-refractivity contribution in [1.82, 2.24) is 15.0 Å². The molecule has 7 heteroatoms. The largest absolute Gasteiger partial charge is 0.492 e. The van der Waals surface area contributed by atoms with Crippen molar-refractivity contribution >= 4 is 16.7 Å². The van der Waals surface area contributed by atoms with Gasteiger partial charge in [0.25, 0.3) is 0 Å². The second kappa shape index (κ2) is 5.91. The summed E-state index contributed by atoms with van der Waals surface area (Å²) < 4.78 is 19.3. The Labute approximate surface area is 178 Å². The van der Waals surface area contributed by atoms with Gasteiger partial charge in [-0.15, -0.1) is 5.10 Å². The van der Waals surface area contributed by atoms with Crippen LogP contribution in [0.3, 0.4) is 0 Å². The van der Waals surface area contributed by atoms with Crippen LogP contribution in [0.5, 0.6) is 17.2 Å². The van der Waals surface area contributed by atoms with Crippen LogP contribution in [-0.4, -0.2) is 34.9 Å². The lowest BCUT2D eigenvalue weighted by Crippen LogP contribution is -2.35. The van der Waals surface area contributed by atoms with Crippen LogP contribution in [0.4, 0.5) is 5.69 Å². The summed E-state index contributed by atoms with van der Waals surface area (Å²) in [6, 6.07) is 19.1. The van der Waals surface area contributed by atoms with Gasteiger partial charge in [0, 0.05) is 37.5 Å². The van der Waals surface area contributed by atoms with E-state index < -0.39 is 0 Å². The first-order valence-corrected chi connectivity index (χ1v) is 10.4. The standard InChI is InChI=1S/C24H20N4O3/c1-27-20-8-15(6-7-18(20)25-26-27)11-28-12-24(16-4-2-3-5-19(16)28)13-29-21-10-23-22(9-17(21)24)30-14-31-23/h2-10H,11-14H2,1H3. The highest BCUT2D eigenvalue weighted by Gasteiger charge is 2.50. The quantitative estimate of drug-likeness (QED) is 0.503. The number of hydrogen-bond donors (Lipinski definition) is 0. The topological polar surface area (TPSA) is 61.6 Å². The number of hydrogen-bond acceptors (Lipinski definition) is 6. The van der Waals surface area contributed by atoms with Gasteiger partial charge in [-0.25, -0.2) is 4.68 Å². The van der Waals surface area contributed by atoms with E-state index in [1.54, 1.807) is 0 Å². The summed E-state index contributed by atoms with van der Waals surface area (Å²) in [7, 11) is 1.93. The van der Waals surface area contributed by atoms with Crippen LogP contribution in [0.1, 0.15) is 16.7 Å². The zero-order valence-corrected chi connectivity index (χ0v) is 17.0. The highest BCUT2D eigenvalue weighted by Crippen LogP contribution is 2.54. The Balaban J connectivity index is 1.31. The van der Waals surface area contributed by atoms with Crippen LogP contribution in [0.2, 0.25) is 0 Å². The van der Waals surface area contributed by atoms with Crippen LogP contribution in [-0.2, 0) is 19.0 Å². The fourth-order valence-electron chi connectivity index (χ4n) is 5.24. The molecule has 1 unspecified atom stereocenters. The average Bonchev–Trinajstić information content (AvgIpc) is 3.55. The minimum Gasteiger partial charge on any atom is -0.492 e. The van der Waals surface area contributed by atoms with Crippen molar-refractivity contribution in [3.63, 3.8) is 0 Å². The smallest absolute Gasteiger partial charge is 0.231 e. The zero-order valence-electron chi connectivity index (χ0n) is 17.0. The molecule has 0 saturated heterocycles.